The van der Waals surface area contributed by atoms with Gasteiger partial charge in [-0.3, -0.25) is 4.79 Å². The maximum absolute atomic E-state index is 13.3. The Bertz CT molecular complexity index is 475. The highest BCUT2D eigenvalue weighted by Gasteiger charge is 2.14. The van der Waals surface area contributed by atoms with E-state index in [1.807, 2.05) is 0 Å². The fourth-order valence-electron chi connectivity index (χ4n) is 1.13. The average molecular weight is 243 g/mol. The lowest BCUT2D eigenvalue weighted by atomic mass is 10.1. The fraction of sp³-hybridized carbons (Fsp3) is 0.200. The van der Waals surface area contributed by atoms with Gasteiger partial charge in [-0.1, -0.05) is 5.16 Å². The molecule has 0 heterocycles. The van der Waals surface area contributed by atoms with Gasteiger partial charge in [0.15, 0.2) is 5.84 Å². The van der Waals surface area contributed by atoms with Gasteiger partial charge in [0.05, 0.1) is 12.1 Å². The summed E-state index contributed by atoms with van der Waals surface area (Å²) < 4.78 is 26.2. The number of oxime groups is 1. The number of halogens is 2. The molecule has 0 saturated carbocycles. The summed E-state index contributed by atoms with van der Waals surface area (Å²) in [6, 6.07) is 1.72. The van der Waals surface area contributed by atoms with Gasteiger partial charge in [0.25, 0.3) is 5.91 Å². The Hall–Kier alpha value is -2.18. The van der Waals surface area contributed by atoms with Crippen molar-refractivity contribution in [2.75, 3.05) is 6.54 Å². The summed E-state index contributed by atoms with van der Waals surface area (Å²) in [5, 5.41) is 13.1. The zero-order chi connectivity index (χ0) is 13.0. The van der Waals surface area contributed by atoms with Crippen LogP contribution in [0.3, 0.4) is 0 Å². The van der Waals surface area contributed by atoms with Crippen molar-refractivity contribution in [3.05, 3.63) is 34.9 Å². The molecule has 0 aromatic heterocycles. The van der Waals surface area contributed by atoms with Crippen LogP contribution in [0.25, 0.3) is 0 Å². The van der Waals surface area contributed by atoms with Crippen LogP contribution in [0.4, 0.5) is 8.78 Å². The van der Waals surface area contributed by atoms with E-state index in [2.05, 4.69) is 10.5 Å². The molecule has 0 radical (unpaired) electrons. The van der Waals surface area contributed by atoms with Crippen molar-refractivity contribution >= 4 is 11.7 Å². The Morgan fingerprint density at radius 1 is 1.47 bits per heavy atom. The number of hydrogen-bond acceptors (Lipinski definition) is 3. The van der Waals surface area contributed by atoms with Crippen LogP contribution in [-0.4, -0.2) is 23.5 Å². The van der Waals surface area contributed by atoms with E-state index >= 15 is 0 Å². The molecule has 5 nitrogen and oxygen atoms in total. The molecule has 1 aromatic carbocycles. The Balaban J connectivity index is 2.86. The molecule has 0 aliphatic carbocycles. The van der Waals surface area contributed by atoms with Gasteiger partial charge in [-0.2, -0.15) is 0 Å². The van der Waals surface area contributed by atoms with Crippen molar-refractivity contribution in [2.45, 2.75) is 6.92 Å². The molecule has 1 amide bonds. The second-order valence-electron chi connectivity index (χ2n) is 3.36. The van der Waals surface area contributed by atoms with Gasteiger partial charge in [0, 0.05) is 6.07 Å². The minimum absolute atomic E-state index is 0.153. The van der Waals surface area contributed by atoms with Gasteiger partial charge in [0.2, 0.25) is 0 Å². The van der Waals surface area contributed by atoms with Crippen molar-refractivity contribution < 1.29 is 18.8 Å². The number of rotatable bonds is 3. The highest BCUT2D eigenvalue weighted by molar-refractivity contribution is 5.97. The number of benzene rings is 1. The lowest BCUT2D eigenvalue weighted by Gasteiger charge is -2.06. The number of aryl methyl sites for hydroxylation is 1. The summed E-state index contributed by atoms with van der Waals surface area (Å²) in [4.78, 5) is 11.5. The molecule has 4 N–H and O–H groups in total. The third-order valence-electron chi connectivity index (χ3n) is 2.05. The lowest BCUT2D eigenvalue weighted by molar-refractivity contribution is 0.0955. The van der Waals surface area contributed by atoms with Crippen molar-refractivity contribution in [3.63, 3.8) is 0 Å². The van der Waals surface area contributed by atoms with Gasteiger partial charge in [-0.15, -0.1) is 0 Å². The van der Waals surface area contributed by atoms with Crippen LogP contribution < -0.4 is 11.1 Å². The zero-order valence-electron chi connectivity index (χ0n) is 9.00. The topological polar surface area (TPSA) is 87.7 Å². The predicted molar refractivity (Wildman–Crippen MR) is 56.8 cm³/mol. The number of amidine groups is 1. The van der Waals surface area contributed by atoms with Crippen LogP contribution in [0.5, 0.6) is 0 Å². The summed E-state index contributed by atoms with van der Waals surface area (Å²) in [6.45, 7) is 1.18. The summed E-state index contributed by atoms with van der Waals surface area (Å²) in [6.07, 6.45) is 0. The molecule has 0 aliphatic heterocycles. The summed E-state index contributed by atoms with van der Waals surface area (Å²) in [5.41, 5.74) is 4.98. The Kier molecular flexibility index (Phi) is 3.97. The third-order valence-corrected chi connectivity index (χ3v) is 2.05. The van der Waals surface area contributed by atoms with Crippen LogP contribution in [0.2, 0.25) is 0 Å². The first-order valence-electron chi connectivity index (χ1n) is 4.66. The van der Waals surface area contributed by atoms with E-state index in [0.29, 0.717) is 6.07 Å². The van der Waals surface area contributed by atoms with Gasteiger partial charge >= 0.3 is 0 Å². The van der Waals surface area contributed by atoms with E-state index in [9.17, 15) is 13.6 Å². The molecule has 0 unspecified atom stereocenters. The molecule has 1 rings (SSSR count). The third kappa shape index (κ3) is 3.13. The summed E-state index contributed by atoms with van der Waals surface area (Å²) in [5.74, 6) is -2.68. The molecule has 92 valence electrons. The molecule has 7 heteroatoms. The minimum atomic E-state index is -0.967. The van der Waals surface area contributed by atoms with Crippen LogP contribution in [0.15, 0.2) is 17.3 Å². The molecule has 0 aliphatic rings. The molecule has 0 saturated heterocycles. The molecule has 17 heavy (non-hydrogen) atoms. The normalized spacial score (nSPS) is 11.4. The van der Waals surface area contributed by atoms with Crippen LogP contribution in [0.1, 0.15) is 15.9 Å². The Morgan fingerprint density at radius 3 is 2.71 bits per heavy atom. The monoisotopic (exact) mass is 243 g/mol. The van der Waals surface area contributed by atoms with Gasteiger partial charge < -0.3 is 16.3 Å². The minimum Gasteiger partial charge on any atom is -0.409 e. The van der Waals surface area contributed by atoms with E-state index in [1.54, 1.807) is 0 Å². The molecule has 0 atom stereocenters. The fourth-order valence-corrected chi connectivity index (χ4v) is 1.13. The predicted octanol–water partition coefficient (Wildman–Crippen LogP) is 0.749. The standard InChI is InChI=1S/C10H11F2N3O2/c1-5-2-6(8(12)3-7(5)11)10(16)14-4-9(13)15-17/h2-3,17H,4H2,1H3,(H2,13,15)(H,14,16). The number of carbonyl (C=O) groups is 1. The van der Waals surface area contributed by atoms with Crippen LogP contribution >= 0.6 is 0 Å². The maximum atomic E-state index is 13.3. The first-order chi connectivity index (χ1) is 7.95. The quantitative estimate of drug-likeness (QED) is 0.317. The Labute approximate surface area is 95.9 Å². The van der Waals surface area contributed by atoms with Gasteiger partial charge in [0.1, 0.15) is 11.6 Å². The van der Waals surface area contributed by atoms with Crippen molar-refractivity contribution in [3.8, 4) is 0 Å². The van der Waals surface area contributed by atoms with Crippen molar-refractivity contribution in [2.24, 2.45) is 10.9 Å². The maximum Gasteiger partial charge on any atom is 0.254 e. The van der Waals surface area contributed by atoms with E-state index < -0.39 is 17.5 Å². The number of hydrogen-bond donors (Lipinski definition) is 3. The highest BCUT2D eigenvalue weighted by atomic mass is 19.1. The molecule has 0 fully saturated rings. The number of nitrogens with two attached hydrogens (primary N) is 1. The lowest BCUT2D eigenvalue weighted by Crippen LogP contribution is -2.34. The number of nitrogens with one attached hydrogen (secondary N) is 1. The van der Waals surface area contributed by atoms with Crippen molar-refractivity contribution in [1.82, 2.24) is 5.32 Å². The Morgan fingerprint density at radius 2 is 2.12 bits per heavy atom. The van der Waals surface area contributed by atoms with E-state index in [0.717, 1.165) is 6.07 Å². The van der Waals surface area contributed by atoms with Crippen LogP contribution in [-0.2, 0) is 0 Å². The molecular weight excluding hydrogens is 232 g/mol. The van der Waals surface area contributed by atoms with E-state index in [-0.39, 0.29) is 23.5 Å². The van der Waals surface area contributed by atoms with Crippen molar-refractivity contribution in [1.29, 1.82) is 0 Å². The second kappa shape index (κ2) is 5.24. The first-order valence-corrected chi connectivity index (χ1v) is 4.66. The number of nitrogens with zero attached hydrogens (tertiary/aromatic N) is 1. The highest BCUT2D eigenvalue weighted by Crippen LogP contribution is 2.13. The molecule has 1 aromatic rings. The smallest absolute Gasteiger partial charge is 0.254 e. The summed E-state index contributed by atoms with van der Waals surface area (Å²) >= 11 is 0. The zero-order valence-corrected chi connectivity index (χ0v) is 9.00. The SMILES string of the molecule is Cc1cc(C(=O)NC/C(N)=N/O)c(F)cc1F. The molecule has 0 spiro atoms. The number of carbonyl (C=O) groups excluding carboxylic acids is 1. The van der Waals surface area contributed by atoms with Gasteiger partial charge in [-0.05, 0) is 18.6 Å². The van der Waals surface area contributed by atoms with E-state index in [1.165, 1.54) is 6.92 Å². The average Bonchev–Trinajstić information content (AvgIpc) is 2.30. The first kappa shape index (κ1) is 12.9. The largest absolute Gasteiger partial charge is 0.409 e. The van der Waals surface area contributed by atoms with E-state index in [4.69, 9.17) is 10.9 Å². The van der Waals surface area contributed by atoms with Crippen LogP contribution in [0, 0.1) is 18.6 Å². The number of amides is 1. The summed E-state index contributed by atoms with van der Waals surface area (Å²) in [7, 11) is 0. The second-order valence-corrected chi connectivity index (χ2v) is 3.36. The molecule has 0 bridgehead atoms. The van der Waals surface area contributed by atoms with Gasteiger partial charge in [-0.25, -0.2) is 8.78 Å². The molecular formula is C10H11F2N3O2.